The van der Waals surface area contributed by atoms with E-state index in [9.17, 15) is 27.1 Å². The van der Waals surface area contributed by atoms with Crippen molar-refractivity contribution in [3.05, 3.63) is 52.2 Å². The summed E-state index contributed by atoms with van der Waals surface area (Å²) in [6.07, 6.45) is 0. The molecule has 9 heteroatoms. The molecule has 24 heavy (non-hydrogen) atoms. The maximum atomic E-state index is 12.7. The lowest BCUT2D eigenvalue weighted by Crippen LogP contribution is -2.38. The number of thiophene rings is 1. The first kappa shape index (κ1) is 18.5. The number of nitrogens with one attached hydrogen (secondary N) is 1. The van der Waals surface area contributed by atoms with Gasteiger partial charge in [-0.05, 0) is 30.5 Å². The van der Waals surface area contributed by atoms with E-state index in [2.05, 4.69) is 5.32 Å². The van der Waals surface area contributed by atoms with Crippen LogP contribution in [0.4, 0.5) is 8.78 Å². The SMILES string of the molecule is C[C@@](O)(CNC(=O)c1ccccc1S(=O)(=O)C(F)F)c1cccs1. The van der Waals surface area contributed by atoms with Crippen molar-refractivity contribution in [2.24, 2.45) is 0 Å². The number of halogens is 2. The van der Waals surface area contributed by atoms with E-state index in [4.69, 9.17) is 0 Å². The second-order valence-electron chi connectivity index (χ2n) is 5.24. The summed E-state index contributed by atoms with van der Waals surface area (Å²) in [5.41, 5.74) is -1.75. The van der Waals surface area contributed by atoms with Crippen molar-refractivity contribution in [2.75, 3.05) is 6.54 Å². The van der Waals surface area contributed by atoms with E-state index in [-0.39, 0.29) is 12.1 Å². The van der Waals surface area contributed by atoms with Crippen LogP contribution in [0.25, 0.3) is 0 Å². The van der Waals surface area contributed by atoms with Crippen LogP contribution in [0, 0.1) is 0 Å². The molecule has 0 aliphatic rings. The van der Waals surface area contributed by atoms with Gasteiger partial charge in [-0.15, -0.1) is 11.3 Å². The molecule has 0 saturated heterocycles. The summed E-state index contributed by atoms with van der Waals surface area (Å²) in [5, 5.41) is 14.5. The monoisotopic (exact) mass is 375 g/mol. The van der Waals surface area contributed by atoms with Gasteiger partial charge in [0.2, 0.25) is 9.84 Å². The minimum Gasteiger partial charge on any atom is -0.383 e. The molecular formula is C15H15F2NO4S2. The van der Waals surface area contributed by atoms with Gasteiger partial charge < -0.3 is 10.4 Å². The molecule has 0 fully saturated rings. The maximum absolute atomic E-state index is 12.7. The van der Waals surface area contributed by atoms with Crippen LogP contribution >= 0.6 is 11.3 Å². The molecule has 0 aliphatic carbocycles. The van der Waals surface area contributed by atoms with Gasteiger partial charge in [-0.1, -0.05) is 18.2 Å². The van der Waals surface area contributed by atoms with Gasteiger partial charge >= 0.3 is 5.76 Å². The first-order valence-corrected chi connectivity index (χ1v) is 9.24. The Morgan fingerprint density at radius 2 is 1.96 bits per heavy atom. The number of alkyl halides is 2. The summed E-state index contributed by atoms with van der Waals surface area (Å²) in [4.78, 5) is 12.1. The average molecular weight is 375 g/mol. The minimum absolute atomic E-state index is 0.199. The Balaban J connectivity index is 2.23. The molecule has 130 valence electrons. The zero-order valence-corrected chi connectivity index (χ0v) is 14.2. The van der Waals surface area contributed by atoms with Gasteiger partial charge in [-0.3, -0.25) is 4.79 Å². The topological polar surface area (TPSA) is 83.5 Å². The van der Waals surface area contributed by atoms with E-state index in [0.717, 1.165) is 12.1 Å². The van der Waals surface area contributed by atoms with Crippen LogP contribution in [-0.2, 0) is 15.4 Å². The van der Waals surface area contributed by atoms with E-state index in [1.54, 1.807) is 17.5 Å². The van der Waals surface area contributed by atoms with Crippen LogP contribution in [-0.4, -0.2) is 31.7 Å². The molecule has 1 aromatic carbocycles. The van der Waals surface area contributed by atoms with Crippen LogP contribution in [0.1, 0.15) is 22.2 Å². The van der Waals surface area contributed by atoms with Gasteiger partial charge in [0, 0.05) is 4.88 Å². The Bertz CT molecular complexity index is 818. The molecule has 0 bridgehead atoms. The molecule has 1 aromatic heterocycles. The van der Waals surface area contributed by atoms with E-state index in [0.29, 0.717) is 4.88 Å². The summed E-state index contributed by atoms with van der Waals surface area (Å²) in [6, 6.07) is 8.15. The van der Waals surface area contributed by atoms with Crippen molar-refractivity contribution in [3.63, 3.8) is 0 Å². The predicted octanol–water partition coefficient (Wildman–Crippen LogP) is 2.38. The van der Waals surface area contributed by atoms with Gasteiger partial charge in [-0.25, -0.2) is 8.42 Å². The number of rotatable bonds is 6. The Kier molecular flexibility index (Phi) is 5.36. The third-order valence-electron chi connectivity index (χ3n) is 3.32. The van der Waals surface area contributed by atoms with Crippen molar-refractivity contribution < 1.29 is 27.1 Å². The summed E-state index contributed by atoms with van der Waals surface area (Å²) < 4.78 is 48.8. The van der Waals surface area contributed by atoms with E-state index in [1.807, 2.05) is 0 Å². The highest BCUT2D eigenvalue weighted by Crippen LogP contribution is 2.25. The smallest absolute Gasteiger partial charge is 0.341 e. The largest absolute Gasteiger partial charge is 0.383 e. The van der Waals surface area contributed by atoms with Crippen LogP contribution < -0.4 is 5.32 Å². The Hall–Kier alpha value is -1.84. The Morgan fingerprint density at radius 1 is 1.29 bits per heavy atom. The molecule has 0 unspecified atom stereocenters. The molecule has 0 spiro atoms. The van der Waals surface area contributed by atoms with Crippen molar-refractivity contribution >= 4 is 27.1 Å². The molecule has 1 amide bonds. The Morgan fingerprint density at radius 3 is 2.54 bits per heavy atom. The molecule has 2 N–H and O–H groups in total. The van der Waals surface area contributed by atoms with Crippen molar-refractivity contribution in [2.45, 2.75) is 23.2 Å². The molecule has 0 aliphatic heterocycles. The molecule has 1 heterocycles. The zero-order valence-electron chi connectivity index (χ0n) is 12.6. The lowest BCUT2D eigenvalue weighted by Gasteiger charge is -2.22. The molecule has 0 saturated carbocycles. The molecule has 1 atom stereocenters. The number of sulfone groups is 1. The highest BCUT2D eigenvalue weighted by atomic mass is 32.2. The number of hydrogen-bond donors (Lipinski definition) is 2. The number of carbonyl (C=O) groups excluding carboxylic acids is 1. The number of hydrogen-bond acceptors (Lipinski definition) is 5. The number of carbonyl (C=O) groups is 1. The average Bonchev–Trinajstić information content (AvgIpc) is 3.08. The summed E-state index contributed by atoms with van der Waals surface area (Å²) in [5.74, 6) is -4.48. The summed E-state index contributed by atoms with van der Waals surface area (Å²) in [7, 11) is -4.90. The second-order valence-corrected chi connectivity index (χ2v) is 8.07. The second kappa shape index (κ2) is 6.96. The number of benzene rings is 1. The molecule has 2 rings (SSSR count). The first-order valence-electron chi connectivity index (χ1n) is 6.82. The van der Waals surface area contributed by atoms with Gasteiger partial charge in [-0.2, -0.15) is 8.78 Å². The first-order chi connectivity index (χ1) is 11.2. The van der Waals surface area contributed by atoms with Gasteiger partial charge in [0.15, 0.2) is 0 Å². The fourth-order valence-corrected chi connectivity index (χ4v) is 3.73. The quantitative estimate of drug-likeness (QED) is 0.812. The lowest BCUT2D eigenvalue weighted by atomic mass is 10.1. The predicted molar refractivity (Wildman–Crippen MR) is 85.9 cm³/mol. The van der Waals surface area contributed by atoms with Gasteiger partial charge in [0.05, 0.1) is 17.0 Å². The van der Waals surface area contributed by atoms with Gasteiger partial charge in [0.25, 0.3) is 5.91 Å². The van der Waals surface area contributed by atoms with Gasteiger partial charge in [0.1, 0.15) is 5.60 Å². The minimum atomic E-state index is -4.90. The standard InChI is InChI=1S/C15H15F2NO4S2/c1-15(20,12-7-4-8-23-12)9-18-13(19)10-5-2-3-6-11(10)24(21,22)14(16)17/h2-8,14,20H,9H2,1H3,(H,18,19)/t15-/m1/s1. The van der Waals surface area contributed by atoms with E-state index >= 15 is 0 Å². The fourth-order valence-electron chi connectivity index (χ4n) is 2.02. The highest BCUT2D eigenvalue weighted by Gasteiger charge is 2.31. The molecular weight excluding hydrogens is 360 g/mol. The van der Waals surface area contributed by atoms with E-state index < -0.39 is 32.0 Å². The van der Waals surface area contributed by atoms with Crippen LogP contribution in [0.15, 0.2) is 46.7 Å². The normalized spacial score (nSPS) is 14.4. The molecule has 5 nitrogen and oxygen atoms in total. The van der Waals surface area contributed by atoms with Crippen LogP contribution in [0.2, 0.25) is 0 Å². The highest BCUT2D eigenvalue weighted by molar-refractivity contribution is 7.91. The summed E-state index contributed by atoms with van der Waals surface area (Å²) >= 11 is 1.29. The van der Waals surface area contributed by atoms with Crippen molar-refractivity contribution in [1.29, 1.82) is 0 Å². The van der Waals surface area contributed by atoms with Crippen LogP contribution in [0.3, 0.4) is 0 Å². The number of aliphatic hydroxyl groups is 1. The Labute approximate surface area is 141 Å². The lowest BCUT2D eigenvalue weighted by molar-refractivity contribution is 0.0555. The van der Waals surface area contributed by atoms with Crippen LogP contribution in [0.5, 0.6) is 0 Å². The van der Waals surface area contributed by atoms with Crippen molar-refractivity contribution in [1.82, 2.24) is 5.32 Å². The van der Waals surface area contributed by atoms with E-state index in [1.165, 1.54) is 30.4 Å². The third-order valence-corrected chi connectivity index (χ3v) is 5.88. The maximum Gasteiger partial charge on any atom is 0.341 e. The third kappa shape index (κ3) is 3.80. The fraction of sp³-hybridized carbons (Fsp3) is 0.267. The number of amides is 1. The summed E-state index contributed by atoms with van der Waals surface area (Å²) in [6.45, 7) is 1.29. The molecule has 2 aromatic rings. The van der Waals surface area contributed by atoms with Crippen molar-refractivity contribution in [3.8, 4) is 0 Å². The zero-order chi connectivity index (χ0) is 18.0. The molecule has 0 radical (unpaired) electrons.